The van der Waals surface area contributed by atoms with Crippen LogP contribution in [0.1, 0.15) is 55.5 Å². The van der Waals surface area contributed by atoms with Crippen LogP contribution in [0.4, 0.5) is 22.0 Å². The Labute approximate surface area is 178 Å². The maximum Gasteiger partial charge on any atom is 0.454 e. The van der Waals surface area contributed by atoms with E-state index < -0.39 is 24.6 Å². The van der Waals surface area contributed by atoms with E-state index in [0.29, 0.717) is 43.1 Å². The smallest absolute Gasteiger partial charge is 0.454 e. The number of ether oxygens (including phenoxy) is 3. The van der Waals surface area contributed by atoms with E-state index in [0.717, 1.165) is 4.90 Å². The Morgan fingerprint density at radius 2 is 1.48 bits per heavy atom. The number of hydrogen-bond acceptors (Lipinski definition) is 5. The van der Waals surface area contributed by atoms with Crippen LogP contribution in [-0.2, 0) is 4.74 Å². The molecule has 0 spiro atoms. The van der Waals surface area contributed by atoms with Gasteiger partial charge in [-0.25, -0.2) is 4.79 Å². The third kappa shape index (κ3) is 6.21. The molecular weight excluding hydrogens is 425 g/mol. The molecule has 0 N–H and O–H groups in total. The highest BCUT2D eigenvalue weighted by Gasteiger charge is 2.58. The summed E-state index contributed by atoms with van der Waals surface area (Å²) in [5, 5.41) is 0. The molecule has 176 valence electrons. The molecule has 1 aromatic carbocycles. The Balaban J connectivity index is 2.26. The first-order chi connectivity index (χ1) is 14.5. The number of carbonyl (C=O) groups excluding carboxylic acids is 1. The van der Waals surface area contributed by atoms with Crippen LogP contribution in [0.15, 0.2) is 12.1 Å². The van der Waals surface area contributed by atoms with Crippen LogP contribution in [0.2, 0.25) is 0 Å². The van der Waals surface area contributed by atoms with E-state index in [-0.39, 0.29) is 31.2 Å². The minimum absolute atomic E-state index is 0.0765. The van der Waals surface area contributed by atoms with Crippen molar-refractivity contribution < 1.29 is 41.0 Å². The zero-order valence-corrected chi connectivity index (χ0v) is 17.9. The van der Waals surface area contributed by atoms with Crippen molar-refractivity contribution in [1.29, 1.82) is 0 Å². The fourth-order valence-electron chi connectivity index (χ4n) is 3.64. The van der Waals surface area contributed by atoms with Crippen LogP contribution in [0.3, 0.4) is 0 Å². The highest BCUT2D eigenvalue weighted by molar-refractivity contribution is 5.91. The zero-order chi connectivity index (χ0) is 23.2. The van der Waals surface area contributed by atoms with Crippen molar-refractivity contribution in [2.75, 3.05) is 39.5 Å². The molecule has 0 bridgehead atoms. The second-order valence-corrected chi connectivity index (χ2v) is 7.23. The number of esters is 1. The Kier molecular flexibility index (Phi) is 8.50. The molecular formula is C21H28F5NO4. The topological polar surface area (TPSA) is 48.0 Å². The Morgan fingerprint density at radius 1 is 0.968 bits per heavy atom. The van der Waals surface area contributed by atoms with Gasteiger partial charge in [-0.1, -0.05) is 0 Å². The Hall–Kier alpha value is -2.10. The van der Waals surface area contributed by atoms with E-state index in [2.05, 4.69) is 0 Å². The highest BCUT2D eigenvalue weighted by atomic mass is 19.4. The van der Waals surface area contributed by atoms with Gasteiger partial charge in [0.1, 0.15) is 11.5 Å². The predicted molar refractivity (Wildman–Crippen MR) is 104 cm³/mol. The zero-order valence-electron chi connectivity index (χ0n) is 17.9. The SMILES string of the molecule is CCOC(=O)c1cc(OCC)c(C2CCN(CC(F)(F)C(F)(F)F)CC2)c(OCC)c1. The van der Waals surface area contributed by atoms with Crippen molar-refractivity contribution in [2.24, 2.45) is 0 Å². The lowest BCUT2D eigenvalue weighted by atomic mass is 9.87. The number of piperidine rings is 1. The minimum atomic E-state index is -5.57. The first-order valence-electron chi connectivity index (χ1n) is 10.3. The number of likely N-dealkylation sites (tertiary alicyclic amines) is 1. The summed E-state index contributed by atoms with van der Waals surface area (Å²) >= 11 is 0. The minimum Gasteiger partial charge on any atom is -0.493 e. The van der Waals surface area contributed by atoms with E-state index in [1.54, 1.807) is 32.9 Å². The van der Waals surface area contributed by atoms with E-state index in [1.807, 2.05) is 0 Å². The van der Waals surface area contributed by atoms with Gasteiger partial charge in [0.15, 0.2) is 0 Å². The van der Waals surface area contributed by atoms with Crippen molar-refractivity contribution >= 4 is 5.97 Å². The van der Waals surface area contributed by atoms with E-state index in [4.69, 9.17) is 14.2 Å². The molecule has 0 aromatic heterocycles. The van der Waals surface area contributed by atoms with Crippen LogP contribution in [0.25, 0.3) is 0 Å². The average molecular weight is 453 g/mol. The number of nitrogens with zero attached hydrogens (tertiary/aromatic N) is 1. The van der Waals surface area contributed by atoms with Crippen molar-refractivity contribution in [3.05, 3.63) is 23.3 Å². The molecule has 0 amide bonds. The molecule has 1 aliphatic heterocycles. The van der Waals surface area contributed by atoms with Crippen LogP contribution in [0.5, 0.6) is 11.5 Å². The monoisotopic (exact) mass is 453 g/mol. The molecule has 0 atom stereocenters. The molecule has 1 heterocycles. The molecule has 0 aliphatic carbocycles. The quantitative estimate of drug-likeness (QED) is 0.387. The van der Waals surface area contributed by atoms with Gasteiger partial charge in [-0.15, -0.1) is 0 Å². The van der Waals surface area contributed by atoms with Gasteiger partial charge in [0.2, 0.25) is 0 Å². The summed E-state index contributed by atoms with van der Waals surface area (Å²) < 4.78 is 80.8. The Morgan fingerprint density at radius 3 is 1.90 bits per heavy atom. The number of hydrogen-bond donors (Lipinski definition) is 0. The molecule has 0 radical (unpaired) electrons. The van der Waals surface area contributed by atoms with Gasteiger partial charge in [-0.3, -0.25) is 4.90 Å². The molecule has 5 nitrogen and oxygen atoms in total. The van der Waals surface area contributed by atoms with Crippen LogP contribution in [-0.4, -0.2) is 62.4 Å². The van der Waals surface area contributed by atoms with Crippen LogP contribution < -0.4 is 9.47 Å². The predicted octanol–water partition coefficient (Wildman–Crippen LogP) is 5.04. The lowest BCUT2D eigenvalue weighted by Gasteiger charge is -2.35. The molecule has 1 aromatic rings. The highest BCUT2D eigenvalue weighted by Crippen LogP contribution is 2.43. The number of alkyl halides is 5. The van der Waals surface area contributed by atoms with Crippen molar-refractivity contribution in [1.82, 2.24) is 4.90 Å². The van der Waals surface area contributed by atoms with Gasteiger partial charge in [-0.2, -0.15) is 22.0 Å². The summed E-state index contributed by atoms with van der Waals surface area (Å²) in [4.78, 5) is 13.3. The van der Waals surface area contributed by atoms with Gasteiger partial charge in [-0.05, 0) is 64.8 Å². The number of halogens is 5. The van der Waals surface area contributed by atoms with E-state index in [1.165, 1.54) is 0 Å². The molecule has 31 heavy (non-hydrogen) atoms. The summed E-state index contributed by atoms with van der Waals surface area (Å²) in [7, 11) is 0. The molecule has 0 saturated carbocycles. The van der Waals surface area contributed by atoms with E-state index >= 15 is 0 Å². The summed E-state index contributed by atoms with van der Waals surface area (Å²) in [6.45, 7) is 4.89. The van der Waals surface area contributed by atoms with Gasteiger partial charge < -0.3 is 14.2 Å². The standard InChI is InChI=1S/C21H28F5NO4/c1-4-29-16-11-15(19(28)31-6-3)12-17(30-5-2)18(16)14-7-9-27(10-8-14)13-20(22,23)21(24,25)26/h11-12,14H,4-10,13H2,1-3H3. The normalized spacial score (nSPS) is 16.3. The number of benzene rings is 1. The Bertz CT molecular complexity index is 719. The fraction of sp³-hybridized carbons (Fsp3) is 0.667. The van der Waals surface area contributed by atoms with Crippen molar-refractivity contribution in [2.45, 2.75) is 51.6 Å². The molecule has 2 rings (SSSR count). The van der Waals surface area contributed by atoms with Gasteiger partial charge in [0.05, 0.1) is 31.9 Å². The maximum absolute atomic E-state index is 13.4. The third-order valence-corrected chi connectivity index (χ3v) is 5.05. The second kappa shape index (κ2) is 10.5. The van der Waals surface area contributed by atoms with Gasteiger partial charge in [0, 0.05) is 5.56 Å². The lowest BCUT2D eigenvalue weighted by Crippen LogP contribution is -2.48. The summed E-state index contributed by atoms with van der Waals surface area (Å²) in [5.74, 6) is -4.60. The second-order valence-electron chi connectivity index (χ2n) is 7.23. The fourth-order valence-corrected chi connectivity index (χ4v) is 3.64. The molecule has 10 heteroatoms. The number of rotatable bonds is 9. The molecule has 1 saturated heterocycles. The van der Waals surface area contributed by atoms with E-state index in [9.17, 15) is 26.7 Å². The molecule has 0 unspecified atom stereocenters. The first-order valence-corrected chi connectivity index (χ1v) is 10.3. The largest absolute Gasteiger partial charge is 0.493 e. The van der Waals surface area contributed by atoms with Gasteiger partial charge in [0.25, 0.3) is 0 Å². The average Bonchev–Trinajstić information content (AvgIpc) is 2.68. The first kappa shape index (κ1) is 25.2. The van der Waals surface area contributed by atoms with Crippen molar-refractivity contribution in [3.8, 4) is 11.5 Å². The summed E-state index contributed by atoms with van der Waals surface area (Å²) in [5.41, 5.74) is 0.957. The summed E-state index contributed by atoms with van der Waals surface area (Å²) in [6.07, 6.45) is -4.86. The lowest BCUT2D eigenvalue weighted by molar-refractivity contribution is -0.287. The van der Waals surface area contributed by atoms with Gasteiger partial charge >= 0.3 is 18.1 Å². The van der Waals surface area contributed by atoms with Crippen molar-refractivity contribution in [3.63, 3.8) is 0 Å². The maximum atomic E-state index is 13.4. The van der Waals surface area contributed by atoms with Crippen LogP contribution in [0, 0.1) is 0 Å². The third-order valence-electron chi connectivity index (χ3n) is 5.05. The number of carbonyl (C=O) groups is 1. The summed E-state index contributed by atoms with van der Waals surface area (Å²) in [6, 6.07) is 3.12. The molecule has 1 fully saturated rings. The molecule has 1 aliphatic rings. The van der Waals surface area contributed by atoms with Crippen LogP contribution >= 0.6 is 0 Å².